The van der Waals surface area contributed by atoms with Crippen molar-refractivity contribution < 1.29 is 14.0 Å². The lowest BCUT2D eigenvalue weighted by atomic mass is 10.1. The SMILES string of the molecule is Cc1csc(CCCCNC(=O)Cc2ccc(NC(=O)c3ccc(Br)o3)cc2)n1. The molecule has 0 atom stereocenters. The predicted octanol–water partition coefficient (Wildman–Crippen LogP) is 4.74. The molecule has 29 heavy (non-hydrogen) atoms. The molecule has 0 aliphatic carbocycles. The molecule has 1 aromatic carbocycles. The number of unbranched alkanes of at least 4 members (excludes halogenated alkanes) is 1. The molecule has 0 fully saturated rings. The van der Waals surface area contributed by atoms with Crippen LogP contribution in [0.4, 0.5) is 5.69 Å². The first kappa shape index (κ1) is 21.3. The largest absolute Gasteiger partial charge is 0.444 e. The van der Waals surface area contributed by atoms with E-state index in [0.717, 1.165) is 35.5 Å². The van der Waals surface area contributed by atoms with Gasteiger partial charge in [-0.2, -0.15) is 0 Å². The number of hydrogen-bond acceptors (Lipinski definition) is 5. The Morgan fingerprint density at radius 1 is 1.14 bits per heavy atom. The molecule has 2 aromatic heterocycles. The monoisotopic (exact) mass is 475 g/mol. The molecule has 152 valence electrons. The van der Waals surface area contributed by atoms with Crippen molar-refractivity contribution in [3.8, 4) is 0 Å². The Hall–Kier alpha value is -2.45. The lowest BCUT2D eigenvalue weighted by Gasteiger charge is -2.07. The van der Waals surface area contributed by atoms with E-state index in [0.29, 0.717) is 23.3 Å². The number of benzene rings is 1. The summed E-state index contributed by atoms with van der Waals surface area (Å²) >= 11 is 4.86. The number of aryl methyl sites for hydroxylation is 2. The highest BCUT2D eigenvalue weighted by atomic mass is 79.9. The van der Waals surface area contributed by atoms with E-state index in [9.17, 15) is 9.59 Å². The first-order chi connectivity index (χ1) is 14.0. The molecule has 2 amide bonds. The maximum Gasteiger partial charge on any atom is 0.291 e. The van der Waals surface area contributed by atoms with Gasteiger partial charge in [0.25, 0.3) is 5.91 Å². The van der Waals surface area contributed by atoms with Crippen LogP contribution in [0.1, 0.15) is 39.7 Å². The zero-order valence-corrected chi connectivity index (χ0v) is 18.4. The van der Waals surface area contributed by atoms with Gasteiger partial charge in [0, 0.05) is 23.3 Å². The van der Waals surface area contributed by atoms with Crippen LogP contribution >= 0.6 is 27.3 Å². The lowest BCUT2D eigenvalue weighted by molar-refractivity contribution is -0.120. The highest BCUT2D eigenvalue weighted by molar-refractivity contribution is 9.10. The summed E-state index contributed by atoms with van der Waals surface area (Å²) in [5.41, 5.74) is 2.60. The van der Waals surface area contributed by atoms with Gasteiger partial charge in [0.2, 0.25) is 5.91 Å². The number of thiazole rings is 1. The fourth-order valence-electron chi connectivity index (χ4n) is 2.73. The molecule has 2 heterocycles. The summed E-state index contributed by atoms with van der Waals surface area (Å²) in [6.07, 6.45) is 3.20. The van der Waals surface area contributed by atoms with Crippen molar-refractivity contribution in [1.29, 1.82) is 0 Å². The van der Waals surface area contributed by atoms with E-state index in [1.54, 1.807) is 35.6 Å². The zero-order chi connectivity index (χ0) is 20.6. The molecule has 3 rings (SSSR count). The molecule has 0 unspecified atom stereocenters. The van der Waals surface area contributed by atoms with Crippen LogP contribution in [0.3, 0.4) is 0 Å². The number of rotatable bonds is 9. The van der Waals surface area contributed by atoms with Crippen molar-refractivity contribution in [2.75, 3.05) is 11.9 Å². The third kappa shape index (κ3) is 6.83. The standard InChI is InChI=1S/C21H22BrN3O3S/c1-14-13-29-20(24-14)4-2-3-11-23-19(26)12-15-5-7-16(8-6-15)25-21(27)17-9-10-18(22)28-17/h5-10,13H,2-4,11-12H2,1H3,(H,23,26)(H,25,27). The van der Waals surface area contributed by atoms with Gasteiger partial charge in [-0.3, -0.25) is 9.59 Å². The Morgan fingerprint density at radius 3 is 2.59 bits per heavy atom. The fraction of sp³-hybridized carbons (Fsp3) is 0.286. The van der Waals surface area contributed by atoms with Gasteiger partial charge in [0.1, 0.15) is 0 Å². The predicted molar refractivity (Wildman–Crippen MR) is 117 cm³/mol. The summed E-state index contributed by atoms with van der Waals surface area (Å²) in [5, 5.41) is 8.92. The van der Waals surface area contributed by atoms with Gasteiger partial charge in [0.15, 0.2) is 10.4 Å². The van der Waals surface area contributed by atoms with Gasteiger partial charge < -0.3 is 15.1 Å². The maximum absolute atomic E-state index is 12.1. The van der Waals surface area contributed by atoms with Crippen molar-refractivity contribution in [3.63, 3.8) is 0 Å². The van der Waals surface area contributed by atoms with E-state index in [1.165, 1.54) is 0 Å². The summed E-state index contributed by atoms with van der Waals surface area (Å²) in [6.45, 7) is 2.66. The zero-order valence-electron chi connectivity index (χ0n) is 16.0. The molecule has 0 bridgehead atoms. The molecule has 0 saturated carbocycles. The van der Waals surface area contributed by atoms with Gasteiger partial charge in [-0.25, -0.2) is 4.98 Å². The number of halogens is 1. The average molecular weight is 476 g/mol. The summed E-state index contributed by atoms with van der Waals surface area (Å²) < 4.78 is 5.73. The molecule has 0 spiro atoms. The lowest BCUT2D eigenvalue weighted by Crippen LogP contribution is -2.26. The topological polar surface area (TPSA) is 84.2 Å². The molecule has 3 aromatic rings. The van der Waals surface area contributed by atoms with E-state index in [4.69, 9.17) is 4.42 Å². The number of nitrogens with one attached hydrogen (secondary N) is 2. The first-order valence-corrected chi connectivity index (χ1v) is 11.0. The fourth-order valence-corrected chi connectivity index (χ4v) is 3.85. The number of nitrogens with zero attached hydrogens (tertiary/aromatic N) is 1. The second-order valence-electron chi connectivity index (χ2n) is 6.62. The molecular formula is C21H22BrN3O3S. The van der Waals surface area contributed by atoms with E-state index < -0.39 is 0 Å². The minimum atomic E-state index is -0.325. The molecule has 6 nitrogen and oxygen atoms in total. The quantitative estimate of drug-likeness (QED) is 0.437. The average Bonchev–Trinajstić information content (AvgIpc) is 3.31. The van der Waals surface area contributed by atoms with Crippen LogP contribution < -0.4 is 10.6 Å². The second kappa shape index (κ2) is 10.4. The van der Waals surface area contributed by atoms with E-state index >= 15 is 0 Å². The van der Waals surface area contributed by atoms with Crippen LogP contribution in [0, 0.1) is 6.92 Å². The van der Waals surface area contributed by atoms with Gasteiger partial charge >= 0.3 is 0 Å². The van der Waals surface area contributed by atoms with Crippen molar-refractivity contribution in [3.05, 3.63) is 68.5 Å². The van der Waals surface area contributed by atoms with E-state index in [-0.39, 0.29) is 17.6 Å². The third-order valence-corrected chi connectivity index (χ3v) is 5.63. The van der Waals surface area contributed by atoms with Crippen molar-refractivity contribution >= 4 is 44.8 Å². The molecule has 0 aliphatic rings. The minimum absolute atomic E-state index is 0.00712. The van der Waals surface area contributed by atoms with Crippen LogP contribution in [0.5, 0.6) is 0 Å². The van der Waals surface area contributed by atoms with Crippen molar-refractivity contribution in [1.82, 2.24) is 10.3 Å². The smallest absolute Gasteiger partial charge is 0.291 e. The molecule has 0 aliphatic heterocycles. The van der Waals surface area contributed by atoms with Gasteiger partial charge in [-0.15, -0.1) is 11.3 Å². The van der Waals surface area contributed by atoms with Crippen LogP contribution in [0.15, 0.2) is 50.9 Å². The normalized spacial score (nSPS) is 10.7. The van der Waals surface area contributed by atoms with Crippen LogP contribution in [0.25, 0.3) is 0 Å². The highest BCUT2D eigenvalue weighted by Gasteiger charge is 2.11. The number of carbonyl (C=O) groups excluding carboxylic acids is 2. The number of amides is 2. The number of furan rings is 1. The summed E-state index contributed by atoms with van der Waals surface area (Å²) in [4.78, 5) is 28.6. The Kier molecular flexibility index (Phi) is 7.60. The summed E-state index contributed by atoms with van der Waals surface area (Å²) in [5.74, 6) is -0.105. The van der Waals surface area contributed by atoms with Crippen LogP contribution in [-0.4, -0.2) is 23.3 Å². The number of aromatic nitrogens is 1. The molecular weight excluding hydrogens is 454 g/mol. The molecule has 8 heteroatoms. The number of carbonyl (C=O) groups is 2. The van der Waals surface area contributed by atoms with Gasteiger partial charge in [-0.05, 0) is 71.9 Å². The Morgan fingerprint density at radius 2 is 1.93 bits per heavy atom. The van der Waals surface area contributed by atoms with Crippen molar-refractivity contribution in [2.45, 2.75) is 32.6 Å². The summed E-state index contributed by atoms with van der Waals surface area (Å²) in [7, 11) is 0. The highest BCUT2D eigenvalue weighted by Crippen LogP contribution is 2.17. The Bertz CT molecular complexity index is 966. The second-order valence-corrected chi connectivity index (χ2v) is 8.35. The third-order valence-electron chi connectivity index (χ3n) is 4.18. The Labute approximate surface area is 181 Å². The van der Waals surface area contributed by atoms with Crippen LogP contribution in [0.2, 0.25) is 0 Å². The van der Waals surface area contributed by atoms with Gasteiger partial charge in [0.05, 0.1) is 11.4 Å². The van der Waals surface area contributed by atoms with E-state index in [1.807, 2.05) is 19.1 Å². The molecule has 0 saturated heterocycles. The summed E-state index contributed by atoms with van der Waals surface area (Å²) in [6, 6.07) is 10.5. The maximum atomic E-state index is 12.1. The Balaban J connectivity index is 1.36. The van der Waals surface area contributed by atoms with Crippen LogP contribution in [-0.2, 0) is 17.6 Å². The first-order valence-electron chi connectivity index (χ1n) is 9.33. The minimum Gasteiger partial charge on any atom is -0.444 e. The number of hydrogen-bond donors (Lipinski definition) is 2. The van der Waals surface area contributed by atoms with Gasteiger partial charge in [-0.1, -0.05) is 12.1 Å². The molecule has 2 N–H and O–H groups in total. The molecule has 0 radical (unpaired) electrons. The van der Waals surface area contributed by atoms with Crippen molar-refractivity contribution in [2.24, 2.45) is 0 Å². The van der Waals surface area contributed by atoms with E-state index in [2.05, 4.69) is 36.9 Å². The number of anilines is 1.